The maximum absolute atomic E-state index is 9.77. The van der Waals surface area contributed by atoms with Crippen molar-refractivity contribution in [3.63, 3.8) is 0 Å². The van der Waals surface area contributed by atoms with Gasteiger partial charge in [0.25, 0.3) is 0 Å². The Bertz CT molecular complexity index is 1190. The molecule has 0 aliphatic heterocycles. The smallest absolute Gasteiger partial charge is 0.151 e. The monoisotopic (exact) mass is 366 g/mol. The van der Waals surface area contributed by atoms with Gasteiger partial charge in [-0.2, -0.15) is 5.26 Å². The molecule has 2 aromatic carbocycles. The summed E-state index contributed by atoms with van der Waals surface area (Å²) in [4.78, 5) is 8.90. The van der Waals surface area contributed by atoms with Gasteiger partial charge in [-0.15, -0.1) is 0 Å². The second kappa shape index (κ2) is 7.77. The summed E-state index contributed by atoms with van der Waals surface area (Å²) in [6.07, 6.45) is 3.55. The van der Waals surface area contributed by atoms with Crippen molar-refractivity contribution in [2.75, 3.05) is 0 Å². The molecule has 28 heavy (non-hydrogen) atoms. The van der Waals surface area contributed by atoms with E-state index < -0.39 is 0 Å². The summed E-state index contributed by atoms with van der Waals surface area (Å²) in [6, 6.07) is 23.5. The van der Waals surface area contributed by atoms with Crippen LogP contribution in [0.1, 0.15) is 17.1 Å². The number of imidazole rings is 1. The molecule has 5 nitrogen and oxygen atoms in total. The highest BCUT2D eigenvalue weighted by Crippen LogP contribution is 2.26. The molecule has 0 aliphatic rings. The zero-order valence-electron chi connectivity index (χ0n) is 15.4. The fourth-order valence-corrected chi connectivity index (χ4v) is 3.06. The Hall–Kier alpha value is -3.91. The quantitative estimate of drug-likeness (QED) is 0.484. The fourth-order valence-electron chi connectivity index (χ4n) is 3.06. The molecule has 0 aliphatic carbocycles. The average Bonchev–Trinajstić information content (AvgIpc) is 3.08. The first-order valence-electron chi connectivity index (χ1n) is 8.91. The van der Waals surface area contributed by atoms with Crippen molar-refractivity contribution < 1.29 is 4.74 Å². The van der Waals surface area contributed by atoms with Gasteiger partial charge in [0, 0.05) is 18.8 Å². The minimum atomic E-state index is 0.361. The van der Waals surface area contributed by atoms with Crippen LogP contribution in [0.15, 0.2) is 72.9 Å². The molecule has 0 spiro atoms. The zero-order valence-corrected chi connectivity index (χ0v) is 15.4. The van der Waals surface area contributed by atoms with Gasteiger partial charge >= 0.3 is 0 Å². The molecule has 0 atom stereocenters. The molecular formula is C23H18N4O. The van der Waals surface area contributed by atoms with Crippen molar-refractivity contribution in [1.29, 1.82) is 5.26 Å². The minimum absolute atomic E-state index is 0.361. The number of aryl methyl sites for hydroxylation is 1. The second-order valence-electron chi connectivity index (χ2n) is 6.30. The van der Waals surface area contributed by atoms with Gasteiger partial charge in [-0.05, 0) is 36.4 Å². The molecule has 136 valence electrons. The zero-order chi connectivity index (χ0) is 19.3. The highest BCUT2D eigenvalue weighted by atomic mass is 16.5. The lowest BCUT2D eigenvalue weighted by atomic mass is 10.1. The summed E-state index contributed by atoms with van der Waals surface area (Å²) in [5.74, 6) is 1.32. The molecule has 0 fully saturated rings. The van der Waals surface area contributed by atoms with Crippen LogP contribution in [0.5, 0.6) is 5.75 Å². The van der Waals surface area contributed by atoms with Gasteiger partial charge < -0.3 is 9.30 Å². The Morgan fingerprint density at radius 3 is 2.64 bits per heavy atom. The van der Waals surface area contributed by atoms with Gasteiger partial charge in [0.2, 0.25) is 0 Å². The summed E-state index contributed by atoms with van der Waals surface area (Å²) in [5.41, 5.74) is 3.99. The van der Waals surface area contributed by atoms with Crippen molar-refractivity contribution in [3.05, 3.63) is 90.0 Å². The largest absolute Gasteiger partial charge is 0.487 e. The normalized spacial score (nSPS) is 11.4. The van der Waals surface area contributed by atoms with Gasteiger partial charge in [0.05, 0.1) is 22.3 Å². The third-order valence-corrected chi connectivity index (χ3v) is 4.47. The van der Waals surface area contributed by atoms with E-state index in [-0.39, 0.29) is 0 Å². The van der Waals surface area contributed by atoms with E-state index in [1.54, 1.807) is 6.20 Å². The molecule has 0 N–H and O–H groups in total. The lowest BCUT2D eigenvalue weighted by Crippen LogP contribution is -1.99. The summed E-state index contributed by atoms with van der Waals surface area (Å²) in [6.45, 7) is 0.361. The number of fused-ring (bicyclic) bond motifs is 1. The standard InChI is InChI=1S/C23H18N4O/c1-27-21-11-4-3-10-20(21)26-23(27)18(15-24)14-17-8-2-5-12-22(17)28-16-19-9-6-7-13-25-19/h2-14H,16H2,1H3/b18-14+. The summed E-state index contributed by atoms with van der Waals surface area (Å²) >= 11 is 0. The number of hydrogen-bond acceptors (Lipinski definition) is 4. The highest BCUT2D eigenvalue weighted by Gasteiger charge is 2.13. The molecule has 0 bridgehead atoms. The van der Waals surface area contributed by atoms with Gasteiger partial charge in [-0.25, -0.2) is 4.98 Å². The van der Waals surface area contributed by atoms with E-state index in [0.717, 1.165) is 22.3 Å². The summed E-state index contributed by atoms with van der Waals surface area (Å²) < 4.78 is 7.88. The van der Waals surface area contributed by atoms with Crippen LogP contribution in [0.2, 0.25) is 0 Å². The van der Waals surface area contributed by atoms with Crippen LogP contribution in [0.25, 0.3) is 22.7 Å². The molecule has 4 rings (SSSR count). The Kier molecular flexibility index (Phi) is 4.85. The lowest BCUT2D eigenvalue weighted by molar-refractivity contribution is 0.300. The molecule has 2 aromatic heterocycles. The molecule has 0 unspecified atom stereocenters. The summed E-state index contributed by atoms with van der Waals surface area (Å²) in [7, 11) is 1.92. The minimum Gasteiger partial charge on any atom is -0.487 e. The molecule has 4 aromatic rings. The predicted octanol–water partition coefficient (Wildman–Crippen LogP) is 4.61. The molecule has 0 saturated heterocycles. The van der Waals surface area contributed by atoms with Crippen molar-refractivity contribution in [3.8, 4) is 11.8 Å². The van der Waals surface area contributed by atoms with E-state index >= 15 is 0 Å². The average molecular weight is 366 g/mol. The van der Waals surface area contributed by atoms with Crippen LogP contribution in [-0.4, -0.2) is 14.5 Å². The van der Waals surface area contributed by atoms with E-state index in [4.69, 9.17) is 4.74 Å². The number of benzene rings is 2. The third kappa shape index (κ3) is 3.49. The first-order valence-corrected chi connectivity index (χ1v) is 8.91. The number of para-hydroxylation sites is 3. The van der Waals surface area contributed by atoms with E-state index in [2.05, 4.69) is 16.0 Å². The van der Waals surface area contributed by atoms with Crippen LogP contribution < -0.4 is 4.74 Å². The van der Waals surface area contributed by atoms with Gasteiger partial charge in [0.1, 0.15) is 18.4 Å². The number of rotatable bonds is 5. The van der Waals surface area contributed by atoms with Crippen molar-refractivity contribution >= 4 is 22.7 Å². The number of pyridine rings is 1. The topological polar surface area (TPSA) is 63.7 Å². The van der Waals surface area contributed by atoms with Crippen LogP contribution in [0.3, 0.4) is 0 Å². The molecular weight excluding hydrogens is 348 g/mol. The van der Waals surface area contributed by atoms with E-state index in [9.17, 15) is 5.26 Å². The van der Waals surface area contributed by atoms with Crippen molar-refractivity contribution in [2.45, 2.75) is 6.61 Å². The molecule has 0 amide bonds. The molecule has 2 heterocycles. The fraction of sp³-hybridized carbons (Fsp3) is 0.0870. The number of hydrogen-bond donors (Lipinski definition) is 0. The van der Waals surface area contributed by atoms with Crippen LogP contribution in [0, 0.1) is 11.3 Å². The van der Waals surface area contributed by atoms with E-state index in [0.29, 0.717) is 23.8 Å². The van der Waals surface area contributed by atoms with Gasteiger partial charge in [-0.3, -0.25) is 4.98 Å². The molecule has 5 heteroatoms. The Labute approximate surface area is 163 Å². The molecule has 0 radical (unpaired) electrons. The Morgan fingerprint density at radius 2 is 1.86 bits per heavy atom. The van der Waals surface area contributed by atoms with Crippen LogP contribution in [-0.2, 0) is 13.7 Å². The number of nitrogens with zero attached hydrogens (tertiary/aromatic N) is 4. The predicted molar refractivity (Wildman–Crippen MR) is 109 cm³/mol. The number of aromatic nitrogens is 3. The Balaban J connectivity index is 1.69. The van der Waals surface area contributed by atoms with E-state index in [1.807, 2.05) is 84.4 Å². The van der Waals surface area contributed by atoms with Crippen LogP contribution in [0.4, 0.5) is 0 Å². The van der Waals surface area contributed by atoms with Crippen molar-refractivity contribution in [2.24, 2.45) is 7.05 Å². The van der Waals surface area contributed by atoms with Crippen molar-refractivity contribution in [1.82, 2.24) is 14.5 Å². The number of nitriles is 1. The second-order valence-corrected chi connectivity index (χ2v) is 6.30. The highest BCUT2D eigenvalue weighted by molar-refractivity contribution is 5.91. The summed E-state index contributed by atoms with van der Waals surface area (Å²) in [5, 5.41) is 9.77. The molecule has 0 saturated carbocycles. The first-order chi connectivity index (χ1) is 13.8. The first kappa shape index (κ1) is 17.5. The third-order valence-electron chi connectivity index (χ3n) is 4.47. The Morgan fingerprint density at radius 1 is 1.07 bits per heavy atom. The van der Waals surface area contributed by atoms with Gasteiger partial charge in [0.15, 0.2) is 5.82 Å². The number of ether oxygens (including phenoxy) is 1. The van der Waals surface area contributed by atoms with Crippen LogP contribution >= 0.6 is 0 Å². The maximum atomic E-state index is 9.77. The SMILES string of the molecule is Cn1c(/C(C#N)=C/c2ccccc2OCc2ccccn2)nc2ccccc21. The maximum Gasteiger partial charge on any atom is 0.151 e. The van der Waals surface area contributed by atoms with Gasteiger partial charge in [-0.1, -0.05) is 36.4 Å². The number of allylic oxidation sites excluding steroid dienone is 1. The lowest BCUT2D eigenvalue weighted by Gasteiger charge is -2.09. The van der Waals surface area contributed by atoms with E-state index in [1.165, 1.54) is 0 Å².